The number of hydrogen-bond donors (Lipinski definition) is 1. The molecule has 2 aromatic rings. The summed E-state index contributed by atoms with van der Waals surface area (Å²) in [4.78, 5) is 14.8. The van der Waals surface area contributed by atoms with Crippen molar-refractivity contribution in [3.63, 3.8) is 0 Å². The normalized spacial score (nSPS) is 12.0. The van der Waals surface area contributed by atoms with Gasteiger partial charge in [-0.2, -0.15) is 0 Å². The van der Waals surface area contributed by atoms with Crippen molar-refractivity contribution in [2.45, 2.75) is 13.0 Å². The van der Waals surface area contributed by atoms with E-state index >= 15 is 0 Å². The van der Waals surface area contributed by atoms with Crippen LogP contribution in [0.25, 0.3) is 0 Å². The molecule has 0 aliphatic heterocycles. The SMILES string of the molecule is COc1cc(I)c(C(=O)NCC(c2ccc(C)cc2)N(C)C)cc1OC. The number of carbonyl (C=O) groups is 1. The molecule has 2 aromatic carbocycles. The van der Waals surface area contributed by atoms with Crippen LogP contribution in [0.4, 0.5) is 0 Å². The quantitative estimate of drug-likeness (QED) is 0.631. The Bertz CT molecular complexity index is 760. The minimum Gasteiger partial charge on any atom is -0.493 e. The third kappa shape index (κ3) is 4.88. The zero-order valence-electron chi connectivity index (χ0n) is 15.8. The number of nitrogens with zero attached hydrogens (tertiary/aromatic N) is 1. The Morgan fingerprint density at radius 2 is 1.69 bits per heavy atom. The Hall–Kier alpha value is -1.80. The van der Waals surface area contributed by atoms with Crippen molar-refractivity contribution in [2.24, 2.45) is 0 Å². The smallest absolute Gasteiger partial charge is 0.252 e. The Morgan fingerprint density at radius 1 is 1.12 bits per heavy atom. The van der Waals surface area contributed by atoms with Gasteiger partial charge in [-0.25, -0.2) is 0 Å². The summed E-state index contributed by atoms with van der Waals surface area (Å²) in [5.74, 6) is 1.02. The summed E-state index contributed by atoms with van der Waals surface area (Å²) < 4.78 is 11.4. The van der Waals surface area contributed by atoms with Crippen LogP contribution in [0.5, 0.6) is 11.5 Å². The van der Waals surface area contributed by atoms with Gasteiger partial charge in [0.1, 0.15) is 0 Å². The summed E-state index contributed by atoms with van der Waals surface area (Å²) in [6.45, 7) is 2.58. The van der Waals surface area contributed by atoms with Gasteiger partial charge in [0.15, 0.2) is 11.5 Å². The average Bonchev–Trinajstić information content (AvgIpc) is 2.62. The predicted octanol–water partition coefficient (Wildman–Crippen LogP) is 3.65. The monoisotopic (exact) mass is 468 g/mol. The van der Waals surface area contributed by atoms with Crippen molar-refractivity contribution >= 4 is 28.5 Å². The van der Waals surface area contributed by atoms with Gasteiger partial charge in [-0.1, -0.05) is 29.8 Å². The van der Waals surface area contributed by atoms with E-state index in [9.17, 15) is 4.79 Å². The molecule has 2 rings (SSSR count). The highest BCUT2D eigenvalue weighted by molar-refractivity contribution is 14.1. The first kappa shape index (κ1) is 20.5. The molecular weight excluding hydrogens is 443 g/mol. The number of nitrogens with one attached hydrogen (secondary N) is 1. The molecule has 140 valence electrons. The van der Waals surface area contributed by atoms with Crippen molar-refractivity contribution in [3.05, 3.63) is 56.7 Å². The summed E-state index contributed by atoms with van der Waals surface area (Å²) in [5, 5.41) is 3.04. The second-order valence-corrected chi connectivity index (χ2v) is 7.45. The maximum absolute atomic E-state index is 12.7. The van der Waals surface area contributed by atoms with Crippen LogP contribution < -0.4 is 14.8 Å². The molecule has 0 heterocycles. The van der Waals surface area contributed by atoms with Gasteiger partial charge >= 0.3 is 0 Å². The highest BCUT2D eigenvalue weighted by Gasteiger charge is 2.19. The van der Waals surface area contributed by atoms with Crippen LogP contribution in [0.1, 0.15) is 27.5 Å². The van der Waals surface area contributed by atoms with Gasteiger partial charge in [-0.3, -0.25) is 4.79 Å². The van der Waals surface area contributed by atoms with Gasteiger partial charge in [-0.05, 0) is 61.3 Å². The van der Waals surface area contributed by atoms with Crippen LogP contribution >= 0.6 is 22.6 Å². The van der Waals surface area contributed by atoms with Gasteiger partial charge in [-0.15, -0.1) is 0 Å². The Balaban J connectivity index is 2.17. The number of likely N-dealkylation sites (N-methyl/N-ethyl adjacent to an activating group) is 1. The van der Waals surface area contributed by atoms with Crippen molar-refractivity contribution < 1.29 is 14.3 Å². The molecular formula is C20H25IN2O3. The van der Waals surface area contributed by atoms with Gasteiger partial charge in [0.2, 0.25) is 0 Å². The van der Waals surface area contributed by atoms with E-state index in [2.05, 4.69) is 64.0 Å². The van der Waals surface area contributed by atoms with Crippen LogP contribution in [-0.2, 0) is 0 Å². The number of hydrogen-bond acceptors (Lipinski definition) is 4. The largest absolute Gasteiger partial charge is 0.493 e. The number of benzene rings is 2. The lowest BCUT2D eigenvalue weighted by molar-refractivity contribution is 0.0940. The molecule has 0 saturated heterocycles. The number of amides is 1. The first-order valence-electron chi connectivity index (χ1n) is 8.30. The Morgan fingerprint density at radius 3 is 2.23 bits per heavy atom. The molecule has 0 aliphatic rings. The van der Waals surface area contributed by atoms with E-state index < -0.39 is 0 Å². The summed E-state index contributed by atoms with van der Waals surface area (Å²) in [6, 6.07) is 12.0. The molecule has 0 bridgehead atoms. The Kier molecular flexibility index (Phi) is 7.28. The standard InChI is InChI=1S/C20H25IN2O3/c1-13-6-8-14(9-7-13)17(23(2)3)12-22-20(24)15-10-18(25-4)19(26-5)11-16(15)21/h6-11,17H,12H2,1-5H3,(H,22,24). The molecule has 1 N–H and O–H groups in total. The molecule has 0 aromatic heterocycles. The molecule has 0 fully saturated rings. The van der Waals surface area contributed by atoms with Crippen molar-refractivity contribution in [3.8, 4) is 11.5 Å². The van der Waals surface area contributed by atoms with Gasteiger partial charge < -0.3 is 19.7 Å². The number of carbonyl (C=O) groups excluding carboxylic acids is 1. The van der Waals surface area contributed by atoms with E-state index in [0.717, 1.165) is 3.57 Å². The number of methoxy groups -OCH3 is 2. The minimum absolute atomic E-state index is 0.0948. The van der Waals surface area contributed by atoms with E-state index in [0.29, 0.717) is 23.6 Å². The molecule has 0 radical (unpaired) electrons. The lowest BCUT2D eigenvalue weighted by Crippen LogP contribution is -2.34. The fourth-order valence-electron chi connectivity index (χ4n) is 2.70. The zero-order chi connectivity index (χ0) is 19.3. The summed E-state index contributed by atoms with van der Waals surface area (Å²) in [6.07, 6.45) is 0. The van der Waals surface area contributed by atoms with Gasteiger partial charge in [0.05, 0.1) is 25.8 Å². The van der Waals surface area contributed by atoms with Gasteiger partial charge in [0, 0.05) is 10.1 Å². The molecule has 26 heavy (non-hydrogen) atoms. The van der Waals surface area contributed by atoms with Crippen molar-refractivity contribution in [2.75, 3.05) is 34.9 Å². The zero-order valence-corrected chi connectivity index (χ0v) is 18.0. The first-order valence-corrected chi connectivity index (χ1v) is 9.38. The maximum Gasteiger partial charge on any atom is 0.252 e. The fourth-order valence-corrected chi connectivity index (χ4v) is 3.38. The fraction of sp³-hybridized carbons (Fsp3) is 0.350. The highest BCUT2D eigenvalue weighted by Crippen LogP contribution is 2.31. The maximum atomic E-state index is 12.7. The highest BCUT2D eigenvalue weighted by atomic mass is 127. The third-order valence-corrected chi connectivity index (χ3v) is 5.15. The number of ether oxygens (including phenoxy) is 2. The van der Waals surface area contributed by atoms with E-state index in [-0.39, 0.29) is 11.9 Å². The number of aryl methyl sites for hydroxylation is 1. The predicted molar refractivity (Wildman–Crippen MR) is 112 cm³/mol. The number of rotatable bonds is 7. The van der Waals surface area contributed by atoms with E-state index in [1.54, 1.807) is 26.4 Å². The lowest BCUT2D eigenvalue weighted by Gasteiger charge is -2.25. The molecule has 5 nitrogen and oxygen atoms in total. The molecule has 1 unspecified atom stereocenters. The Labute approximate surface area is 168 Å². The number of halogens is 1. The van der Waals surface area contributed by atoms with Crippen molar-refractivity contribution in [1.29, 1.82) is 0 Å². The molecule has 0 saturated carbocycles. The van der Waals surface area contributed by atoms with Gasteiger partial charge in [0.25, 0.3) is 5.91 Å². The van der Waals surface area contributed by atoms with Crippen LogP contribution in [-0.4, -0.2) is 45.7 Å². The van der Waals surface area contributed by atoms with E-state index in [4.69, 9.17) is 9.47 Å². The molecule has 1 amide bonds. The van der Waals surface area contributed by atoms with E-state index in [1.807, 2.05) is 14.1 Å². The molecule has 0 spiro atoms. The first-order chi connectivity index (χ1) is 12.4. The van der Waals surface area contributed by atoms with Crippen LogP contribution in [0.3, 0.4) is 0 Å². The summed E-state index contributed by atoms with van der Waals surface area (Å²) in [5.41, 5.74) is 2.96. The van der Waals surface area contributed by atoms with Crippen LogP contribution in [0.2, 0.25) is 0 Å². The molecule has 6 heteroatoms. The lowest BCUT2D eigenvalue weighted by atomic mass is 10.0. The van der Waals surface area contributed by atoms with Crippen LogP contribution in [0, 0.1) is 10.5 Å². The minimum atomic E-state index is -0.130. The third-order valence-electron chi connectivity index (χ3n) is 4.26. The second-order valence-electron chi connectivity index (χ2n) is 6.29. The topological polar surface area (TPSA) is 50.8 Å². The molecule has 1 atom stereocenters. The van der Waals surface area contributed by atoms with E-state index in [1.165, 1.54) is 11.1 Å². The second kappa shape index (κ2) is 9.23. The van der Waals surface area contributed by atoms with Crippen LogP contribution in [0.15, 0.2) is 36.4 Å². The molecule has 0 aliphatic carbocycles. The van der Waals surface area contributed by atoms with Crippen molar-refractivity contribution in [1.82, 2.24) is 10.2 Å². The summed E-state index contributed by atoms with van der Waals surface area (Å²) >= 11 is 2.14. The average molecular weight is 468 g/mol. The summed E-state index contributed by atoms with van der Waals surface area (Å²) in [7, 11) is 7.16.